The molecule has 18 heavy (non-hydrogen) atoms. The van der Waals surface area contributed by atoms with E-state index in [1.165, 1.54) is 0 Å². The first-order valence-electron chi connectivity index (χ1n) is 5.88. The van der Waals surface area contributed by atoms with E-state index in [9.17, 15) is 10.2 Å². The van der Waals surface area contributed by atoms with Crippen molar-refractivity contribution in [1.82, 2.24) is 0 Å². The van der Waals surface area contributed by atoms with Crippen molar-refractivity contribution in [1.29, 1.82) is 0 Å². The lowest BCUT2D eigenvalue weighted by Gasteiger charge is -2.07. The van der Waals surface area contributed by atoms with Gasteiger partial charge < -0.3 is 15.3 Å². The molecule has 0 heterocycles. The number of aromatic hydroxyl groups is 2. The van der Waals surface area contributed by atoms with Crippen molar-refractivity contribution < 1.29 is 15.3 Å². The van der Waals surface area contributed by atoms with E-state index in [4.69, 9.17) is 5.11 Å². The van der Waals surface area contributed by atoms with Crippen molar-refractivity contribution in [2.45, 2.75) is 12.8 Å². The molecule has 94 valence electrons. The van der Waals surface area contributed by atoms with Crippen LogP contribution in [0, 0.1) is 0 Å². The molecule has 3 nitrogen and oxygen atoms in total. The van der Waals surface area contributed by atoms with Gasteiger partial charge in [0, 0.05) is 6.61 Å². The quantitative estimate of drug-likeness (QED) is 0.773. The molecule has 0 saturated heterocycles. The zero-order valence-corrected chi connectivity index (χ0v) is 10.0. The van der Waals surface area contributed by atoms with E-state index in [1.54, 1.807) is 18.2 Å². The van der Waals surface area contributed by atoms with E-state index >= 15 is 0 Å². The molecule has 0 amide bonds. The second-order valence-electron chi connectivity index (χ2n) is 4.28. The SMILES string of the molecule is OCCc1cc(Cc2ccc(O)cc2)ccc1O. The maximum absolute atomic E-state index is 9.62. The van der Waals surface area contributed by atoms with Gasteiger partial charge in [-0.1, -0.05) is 24.3 Å². The molecule has 2 aromatic carbocycles. The Morgan fingerprint density at radius 1 is 0.833 bits per heavy atom. The van der Waals surface area contributed by atoms with Gasteiger partial charge in [0.25, 0.3) is 0 Å². The summed E-state index contributed by atoms with van der Waals surface area (Å²) in [6.07, 6.45) is 1.19. The fraction of sp³-hybridized carbons (Fsp3) is 0.200. The highest BCUT2D eigenvalue weighted by Crippen LogP contribution is 2.21. The molecule has 0 spiro atoms. The summed E-state index contributed by atoms with van der Waals surface area (Å²) < 4.78 is 0. The summed E-state index contributed by atoms with van der Waals surface area (Å²) in [5.74, 6) is 0.476. The Bertz CT molecular complexity index is 518. The number of hydrogen-bond donors (Lipinski definition) is 3. The molecular weight excluding hydrogens is 228 g/mol. The molecular formula is C15H16O3. The van der Waals surface area contributed by atoms with Gasteiger partial charge in [-0.2, -0.15) is 0 Å². The summed E-state index contributed by atoms with van der Waals surface area (Å²) in [4.78, 5) is 0. The summed E-state index contributed by atoms with van der Waals surface area (Å²) in [7, 11) is 0. The second-order valence-corrected chi connectivity index (χ2v) is 4.28. The average molecular weight is 244 g/mol. The summed E-state index contributed by atoms with van der Waals surface area (Å²) >= 11 is 0. The van der Waals surface area contributed by atoms with Crippen molar-refractivity contribution >= 4 is 0 Å². The number of benzene rings is 2. The van der Waals surface area contributed by atoms with Crippen LogP contribution in [0.15, 0.2) is 42.5 Å². The van der Waals surface area contributed by atoms with Crippen molar-refractivity contribution in [3.63, 3.8) is 0 Å². The van der Waals surface area contributed by atoms with Crippen LogP contribution in [0.1, 0.15) is 16.7 Å². The molecule has 3 heteroatoms. The molecule has 0 aliphatic rings. The number of phenols is 2. The van der Waals surface area contributed by atoms with Crippen LogP contribution in [-0.2, 0) is 12.8 Å². The van der Waals surface area contributed by atoms with Gasteiger partial charge in [0.15, 0.2) is 0 Å². The zero-order chi connectivity index (χ0) is 13.0. The minimum Gasteiger partial charge on any atom is -0.508 e. The molecule has 0 unspecified atom stereocenters. The Morgan fingerprint density at radius 2 is 1.50 bits per heavy atom. The minimum atomic E-state index is 0.0240. The molecule has 2 aromatic rings. The van der Waals surface area contributed by atoms with Crippen LogP contribution in [0.4, 0.5) is 0 Å². The fourth-order valence-electron chi connectivity index (χ4n) is 1.92. The molecule has 0 fully saturated rings. The predicted octanol–water partition coefficient (Wildman–Crippen LogP) is 2.22. The number of rotatable bonds is 4. The van der Waals surface area contributed by atoms with Crippen molar-refractivity contribution in [3.8, 4) is 11.5 Å². The third kappa shape index (κ3) is 3.02. The van der Waals surface area contributed by atoms with Crippen molar-refractivity contribution in [3.05, 3.63) is 59.2 Å². The van der Waals surface area contributed by atoms with Gasteiger partial charge in [0.2, 0.25) is 0 Å². The maximum atomic E-state index is 9.62. The van der Waals surface area contributed by atoms with Crippen LogP contribution in [0.5, 0.6) is 11.5 Å². The molecule has 0 aliphatic carbocycles. The van der Waals surface area contributed by atoms with Crippen molar-refractivity contribution in [2.24, 2.45) is 0 Å². The van der Waals surface area contributed by atoms with Crippen LogP contribution in [0.2, 0.25) is 0 Å². The van der Waals surface area contributed by atoms with E-state index in [1.807, 2.05) is 24.3 Å². The van der Waals surface area contributed by atoms with E-state index in [-0.39, 0.29) is 18.1 Å². The van der Waals surface area contributed by atoms with Crippen LogP contribution >= 0.6 is 0 Å². The lowest BCUT2D eigenvalue weighted by atomic mass is 10.0. The van der Waals surface area contributed by atoms with Crippen LogP contribution < -0.4 is 0 Å². The van der Waals surface area contributed by atoms with Crippen LogP contribution in [0.3, 0.4) is 0 Å². The first-order chi connectivity index (χ1) is 8.69. The van der Waals surface area contributed by atoms with Gasteiger partial charge in [0.1, 0.15) is 11.5 Å². The smallest absolute Gasteiger partial charge is 0.118 e. The molecule has 2 rings (SSSR count). The number of hydrogen-bond acceptors (Lipinski definition) is 3. The highest BCUT2D eigenvalue weighted by Gasteiger charge is 2.03. The molecule has 0 saturated carbocycles. The van der Waals surface area contributed by atoms with E-state index in [0.29, 0.717) is 6.42 Å². The number of phenolic OH excluding ortho intramolecular Hbond substituents is 2. The van der Waals surface area contributed by atoms with E-state index in [0.717, 1.165) is 23.1 Å². The summed E-state index contributed by atoms with van der Waals surface area (Å²) in [5.41, 5.74) is 2.92. The molecule has 0 aliphatic heterocycles. The van der Waals surface area contributed by atoms with Crippen LogP contribution in [0.25, 0.3) is 0 Å². The monoisotopic (exact) mass is 244 g/mol. The summed E-state index contributed by atoms with van der Waals surface area (Å²) in [5, 5.41) is 27.8. The second kappa shape index (κ2) is 5.56. The van der Waals surface area contributed by atoms with Gasteiger partial charge in [-0.15, -0.1) is 0 Å². The Labute approximate surface area is 106 Å². The van der Waals surface area contributed by atoms with Gasteiger partial charge >= 0.3 is 0 Å². The number of aliphatic hydroxyl groups is 1. The van der Waals surface area contributed by atoms with Gasteiger partial charge in [-0.25, -0.2) is 0 Å². The lowest BCUT2D eigenvalue weighted by molar-refractivity contribution is 0.297. The Morgan fingerprint density at radius 3 is 2.17 bits per heavy atom. The molecule has 3 N–H and O–H groups in total. The van der Waals surface area contributed by atoms with Crippen molar-refractivity contribution in [2.75, 3.05) is 6.61 Å². The van der Waals surface area contributed by atoms with Gasteiger partial charge in [-0.05, 0) is 47.7 Å². The molecule has 0 aromatic heterocycles. The summed E-state index contributed by atoms with van der Waals surface area (Å²) in [6, 6.07) is 12.5. The Hall–Kier alpha value is -2.00. The summed E-state index contributed by atoms with van der Waals surface area (Å²) in [6.45, 7) is 0.0240. The normalized spacial score (nSPS) is 10.5. The Balaban J connectivity index is 2.18. The Kier molecular flexibility index (Phi) is 3.85. The fourth-order valence-corrected chi connectivity index (χ4v) is 1.92. The third-order valence-corrected chi connectivity index (χ3v) is 2.87. The third-order valence-electron chi connectivity index (χ3n) is 2.87. The maximum Gasteiger partial charge on any atom is 0.118 e. The topological polar surface area (TPSA) is 60.7 Å². The lowest BCUT2D eigenvalue weighted by Crippen LogP contribution is -1.94. The first-order valence-corrected chi connectivity index (χ1v) is 5.88. The molecule has 0 bridgehead atoms. The number of aliphatic hydroxyl groups excluding tert-OH is 1. The first kappa shape index (κ1) is 12.5. The van der Waals surface area contributed by atoms with E-state index < -0.39 is 0 Å². The highest BCUT2D eigenvalue weighted by atomic mass is 16.3. The standard InChI is InChI=1S/C15H16O3/c16-8-7-13-10-12(3-6-15(13)18)9-11-1-4-14(17)5-2-11/h1-6,10,16-18H,7-9H2. The van der Waals surface area contributed by atoms with Gasteiger partial charge in [-0.3, -0.25) is 0 Å². The van der Waals surface area contributed by atoms with Gasteiger partial charge in [0.05, 0.1) is 0 Å². The zero-order valence-electron chi connectivity index (χ0n) is 10.0. The van der Waals surface area contributed by atoms with E-state index in [2.05, 4.69) is 0 Å². The molecule has 0 atom stereocenters. The average Bonchev–Trinajstić information content (AvgIpc) is 2.37. The highest BCUT2D eigenvalue weighted by molar-refractivity contribution is 5.39. The predicted molar refractivity (Wildman–Crippen MR) is 69.8 cm³/mol. The molecule has 0 radical (unpaired) electrons. The largest absolute Gasteiger partial charge is 0.508 e. The van der Waals surface area contributed by atoms with Crippen LogP contribution in [-0.4, -0.2) is 21.9 Å². The minimum absolute atomic E-state index is 0.0240.